The van der Waals surface area contributed by atoms with E-state index in [2.05, 4.69) is 32.4 Å². The van der Waals surface area contributed by atoms with Crippen molar-refractivity contribution < 1.29 is 9.59 Å². The van der Waals surface area contributed by atoms with Gasteiger partial charge in [-0.25, -0.2) is 0 Å². The van der Waals surface area contributed by atoms with Gasteiger partial charge in [0.2, 0.25) is 11.9 Å². The van der Waals surface area contributed by atoms with E-state index in [1.165, 1.54) is 6.08 Å². The van der Waals surface area contributed by atoms with E-state index in [0.717, 1.165) is 12.8 Å². The molecule has 1 saturated heterocycles. The number of nitriles is 1. The van der Waals surface area contributed by atoms with E-state index in [1.807, 2.05) is 6.07 Å². The minimum atomic E-state index is -0.770. The standard InChI is InChI=1S/C19H20N8O2/c1-2-15(28)27-9-3-4-14(11-27)23-19-24-18(16(17(21)29)25-26-19)22-13-7-5-12(10-20)6-8-13/h2,5-8,14H,1,3-4,9,11H2,(H2,21,29)(H2,22,23,24,26)/t14-/m1/s1. The zero-order chi connectivity index (χ0) is 20.8. The van der Waals surface area contributed by atoms with Gasteiger partial charge in [0, 0.05) is 24.8 Å². The van der Waals surface area contributed by atoms with Gasteiger partial charge in [-0.3, -0.25) is 9.59 Å². The van der Waals surface area contributed by atoms with Gasteiger partial charge in [0.15, 0.2) is 11.5 Å². The minimum absolute atomic E-state index is 0.0587. The molecular weight excluding hydrogens is 372 g/mol. The largest absolute Gasteiger partial charge is 0.364 e. The molecule has 1 atom stereocenters. The quantitative estimate of drug-likeness (QED) is 0.620. The molecule has 0 radical (unpaired) electrons. The number of hydrogen-bond acceptors (Lipinski definition) is 8. The first-order valence-corrected chi connectivity index (χ1v) is 8.99. The Balaban J connectivity index is 1.79. The number of hydrogen-bond donors (Lipinski definition) is 3. The number of nitrogens with one attached hydrogen (secondary N) is 2. The maximum Gasteiger partial charge on any atom is 0.273 e. The van der Waals surface area contributed by atoms with E-state index in [1.54, 1.807) is 29.2 Å². The summed E-state index contributed by atoms with van der Waals surface area (Å²) < 4.78 is 0. The van der Waals surface area contributed by atoms with Crippen molar-refractivity contribution in [2.24, 2.45) is 5.73 Å². The molecule has 2 aromatic rings. The maximum absolute atomic E-state index is 11.8. The number of benzene rings is 1. The zero-order valence-electron chi connectivity index (χ0n) is 15.6. The molecule has 3 rings (SSSR count). The molecule has 1 aliphatic rings. The molecule has 1 aromatic carbocycles. The summed E-state index contributed by atoms with van der Waals surface area (Å²) in [6.07, 6.45) is 2.96. The number of carbonyl (C=O) groups excluding carboxylic acids is 2. The number of aromatic nitrogens is 3. The van der Waals surface area contributed by atoms with Crippen molar-refractivity contribution in [3.8, 4) is 6.07 Å². The highest BCUT2D eigenvalue weighted by Gasteiger charge is 2.23. The van der Waals surface area contributed by atoms with Crippen LogP contribution in [-0.2, 0) is 4.79 Å². The topological polar surface area (TPSA) is 150 Å². The van der Waals surface area contributed by atoms with Crippen LogP contribution in [0.15, 0.2) is 36.9 Å². The highest BCUT2D eigenvalue weighted by Crippen LogP contribution is 2.20. The van der Waals surface area contributed by atoms with Gasteiger partial charge in [0.1, 0.15) is 0 Å². The average Bonchev–Trinajstić information content (AvgIpc) is 2.74. The summed E-state index contributed by atoms with van der Waals surface area (Å²) in [7, 11) is 0. The highest BCUT2D eigenvalue weighted by atomic mass is 16.2. The molecule has 0 spiro atoms. The van der Waals surface area contributed by atoms with Crippen molar-refractivity contribution in [3.63, 3.8) is 0 Å². The lowest BCUT2D eigenvalue weighted by Crippen LogP contribution is -2.44. The molecule has 29 heavy (non-hydrogen) atoms. The van der Waals surface area contributed by atoms with Crippen LogP contribution in [0.5, 0.6) is 0 Å². The summed E-state index contributed by atoms with van der Waals surface area (Å²) in [5, 5.41) is 22.8. The Morgan fingerprint density at radius 1 is 1.31 bits per heavy atom. The van der Waals surface area contributed by atoms with E-state index < -0.39 is 5.91 Å². The van der Waals surface area contributed by atoms with Crippen LogP contribution in [0.2, 0.25) is 0 Å². The number of nitrogens with two attached hydrogens (primary N) is 1. The minimum Gasteiger partial charge on any atom is -0.364 e. The van der Waals surface area contributed by atoms with Crippen LogP contribution in [0.1, 0.15) is 28.9 Å². The number of anilines is 3. The molecule has 2 heterocycles. The Hall–Kier alpha value is -4.00. The lowest BCUT2D eigenvalue weighted by Gasteiger charge is -2.32. The molecule has 1 aliphatic heterocycles. The highest BCUT2D eigenvalue weighted by molar-refractivity contribution is 5.96. The van der Waals surface area contributed by atoms with E-state index in [9.17, 15) is 9.59 Å². The number of amides is 2. The van der Waals surface area contributed by atoms with E-state index in [0.29, 0.717) is 24.3 Å². The van der Waals surface area contributed by atoms with Gasteiger partial charge < -0.3 is 21.3 Å². The van der Waals surface area contributed by atoms with E-state index >= 15 is 0 Å². The Morgan fingerprint density at radius 2 is 2.07 bits per heavy atom. The van der Waals surface area contributed by atoms with Crippen LogP contribution < -0.4 is 16.4 Å². The lowest BCUT2D eigenvalue weighted by atomic mass is 10.1. The van der Waals surface area contributed by atoms with Crippen molar-refractivity contribution in [2.75, 3.05) is 23.7 Å². The fourth-order valence-electron chi connectivity index (χ4n) is 3.01. The van der Waals surface area contributed by atoms with E-state index in [4.69, 9.17) is 11.0 Å². The van der Waals surface area contributed by atoms with Crippen molar-refractivity contribution in [1.82, 2.24) is 20.1 Å². The fourth-order valence-corrected chi connectivity index (χ4v) is 3.01. The first kappa shape index (κ1) is 19.8. The molecule has 10 nitrogen and oxygen atoms in total. The second-order valence-electron chi connectivity index (χ2n) is 6.48. The summed E-state index contributed by atoms with van der Waals surface area (Å²) in [5.41, 5.74) is 6.39. The predicted octanol–water partition coefficient (Wildman–Crippen LogP) is 1.17. The summed E-state index contributed by atoms with van der Waals surface area (Å²) in [4.78, 5) is 29.6. The zero-order valence-corrected chi connectivity index (χ0v) is 15.6. The summed E-state index contributed by atoms with van der Waals surface area (Å²) >= 11 is 0. The van der Waals surface area contributed by atoms with Gasteiger partial charge in [-0.15, -0.1) is 10.2 Å². The van der Waals surface area contributed by atoms with Gasteiger partial charge in [-0.2, -0.15) is 10.2 Å². The molecule has 0 bridgehead atoms. The second kappa shape index (κ2) is 8.79. The van der Waals surface area contributed by atoms with Crippen molar-refractivity contribution in [2.45, 2.75) is 18.9 Å². The van der Waals surface area contributed by atoms with E-state index in [-0.39, 0.29) is 29.4 Å². The third-order valence-corrected chi connectivity index (χ3v) is 4.44. The van der Waals surface area contributed by atoms with Gasteiger partial charge in [-0.05, 0) is 43.2 Å². The van der Waals surface area contributed by atoms with Gasteiger partial charge in [-0.1, -0.05) is 6.58 Å². The molecule has 0 saturated carbocycles. The van der Waals surface area contributed by atoms with Gasteiger partial charge in [0.05, 0.1) is 11.6 Å². The van der Waals surface area contributed by atoms with Crippen LogP contribution >= 0.6 is 0 Å². The Labute approximate surface area is 167 Å². The molecule has 4 N–H and O–H groups in total. The van der Waals surface area contributed by atoms with Gasteiger partial charge in [0.25, 0.3) is 5.91 Å². The van der Waals surface area contributed by atoms with Crippen LogP contribution in [0.25, 0.3) is 0 Å². The number of likely N-dealkylation sites (tertiary alicyclic amines) is 1. The normalized spacial score (nSPS) is 15.8. The third-order valence-electron chi connectivity index (χ3n) is 4.44. The molecular formula is C19H20N8O2. The van der Waals surface area contributed by atoms with Crippen molar-refractivity contribution in [1.29, 1.82) is 5.26 Å². The molecule has 148 valence electrons. The average molecular weight is 392 g/mol. The summed E-state index contributed by atoms with van der Waals surface area (Å²) in [5.74, 6) is -0.533. The van der Waals surface area contributed by atoms with Crippen molar-refractivity contribution >= 4 is 29.3 Å². The molecule has 1 fully saturated rings. The second-order valence-corrected chi connectivity index (χ2v) is 6.48. The fraction of sp³-hybridized carbons (Fsp3) is 0.263. The lowest BCUT2D eigenvalue weighted by molar-refractivity contribution is -0.127. The number of carbonyl (C=O) groups is 2. The first-order valence-electron chi connectivity index (χ1n) is 8.99. The predicted molar refractivity (Wildman–Crippen MR) is 106 cm³/mol. The number of primary amides is 1. The van der Waals surface area contributed by atoms with Crippen LogP contribution in [-0.4, -0.2) is 51.0 Å². The molecule has 2 amide bonds. The van der Waals surface area contributed by atoms with Gasteiger partial charge >= 0.3 is 0 Å². The van der Waals surface area contributed by atoms with Crippen LogP contribution in [0.3, 0.4) is 0 Å². The number of rotatable bonds is 6. The monoisotopic (exact) mass is 392 g/mol. The Bertz CT molecular complexity index is 967. The van der Waals surface area contributed by atoms with Crippen LogP contribution in [0.4, 0.5) is 17.5 Å². The smallest absolute Gasteiger partial charge is 0.273 e. The molecule has 10 heteroatoms. The molecule has 0 aliphatic carbocycles. The molecule has 0 unspecified atom stereocenters. The van der Waals surface area contributed by atoms with Crippen LogP contribution in [0, 0.1) is 11.3 Å². The molecule has 1 aromatic heterocycles. The number of nitrogens with zero attached hydrogens (tertiary/aromatic N) is 5. The maximum atomic E-state index is 11.8. The Kier molecular flexibility index (Phi) is 5.99. The first-order chi connectivity index (χ1) is 14.0. The summed E-state index contributed by atoms with van der Waals surface area (Å²) in [6.45, 7) is 4.68. The SMILES string of the molecule is C=CC(=O)N1CCC[C@@H](Nc2nnc(C(N)=O)c(Nc3ccc(C#N)cc3)n2)C1. The third kappa shape index (κ3) is 4.84. The summed E-state index contributed by atoms with van der Waals surface area (Å²) in [6, 6.07) is 8.60. The van der Waals surface area contributed by atoms with Crippen molar-refractivity contribution in [3.05, 3.63) is 48.2 Å². The number of piperidine rings is 1. The Morgan fingerprint density at radius 3 is 2.72 bits per heavy atom.